The molecule has 17 heavy (non-hydrogen) atoms. The molecule has 0 fully saturated rings. The van der Waals surface area contributed by atoms with Gasteiger partial charge in [0.1, 0.15) is 0 Å². The lowest BCUT2D eigenvalue weighted by molar-refractivity contribution is -0.137. The molecule has 8 nitrogen and oxygen atoms in total. The first kappa shape index (κ1) is 12.6. The molecule has 0 saturated heterocycles. The summed E-state index contributed by atoms with van der Waals surface area (Å²) >= 11 is 0. The van der Waals surface area contributed by atoms with Gasteiger partial charge in [0.2, 0.25) is 0 Å². The smallest absolute Gasteiger partial charge is 0.356 e. The first-order chi connectivity index (χ1) is 7.90. The molecule has 0 radical (unpaired) electrons. The van der Waals surface area contributed by atoms with Crippen LogP contribution in [0.1, 0.15) is 21.9 Å². The van der Waals surface area contributed by atoms with E-state index in [1.54, 1.807) is 0 Å². The molecule has 0 aromatic carbocycles. The van der Waals surface area contributed by atoms with E-state index in [4.69, 9.17) is 15.3 Å². The molecule has 1 aromatic rings. The second-order valence-electron chi connectivity index (χ2n) is 3.10. The Morgan fingerprint density at radius 3 is 2.12 bits per heavy atom. The molecular weight excluding hydrogens is 232 g/mol. The minimum absolute atomic E-state index is 0.0379. The predicted octanol–water partition coefficient (Wildman–Crippen LogP) is -0.571. The largest absolute Gasteiger partial charge is 0.481 e. The number of hydrogen-bond donors (Lipinski definition) is 3. The van der Waals surface area contributed by atoms with E-state index in [9.17, 15) is 14.4 Å². The molecule has 90 valence electrons. The molecule has 8 heteroatoms. The van der Waals surface area contributed by atoms with Gasteiger partial charge in [-0.1, -0.05) is 0 Å². The SMILES string of the molecule is O=C(O)Cc1cnc(CC(=O)O)c(C(=O)O)n1. The number of carboxylic acids is 3. The van der Waals surface area contributed by atoms with Gasteiger partial charge >= 0.3 is 17.9 Å². The van der Waals surface area contributed by atoms with E-state index < -0.39 is 36.4 Å². The first-order valence-corrected chi connectivity index (χ1v) is 4.42. The highest BCUT2D eigenvalue weighted by Gasteiger charge is 2.17. The lowest BCUT2D eigenvalue weighted by Gasteiger charge is -2.03. The minimum atomic E-state index is -1.44. The Kier molecular flexibility index (Phi) is 3.70. The number of rotatable bonds is 5. The van der Waals surface area contributed by atoms with Crippen molar-refractivity contribution < 1.29 is 29.7 Å². The molecular formula is C9H8N2O6. The van der Waals surface area contributed by atoms with Crippen molar-refractivity contribution in [2.24, 2.45) is 0 Å². The third-order valence-electron chi connectivity index (χ3n) is 1.75. The van der Waals surface area contributed by atoms with Crippen molar-refractivity contribution in [1.29, 1.82) is 0 Å². The summed E-state index contributed by atoms with van der Waals surface area (Å²) in [5.41, 5.74) is -0.783. The normalized spacial score (nSPS) is 9.88. The summed E-state index contributed by atoms with van der Waals surface area (Å²) in [5, 5.41) is 25.8. The third kappa shape index (κ3) is 3.52. The number of aromatic carboxylic acids is 1. The zero-order valence-electron chi connectivity index (χ0n) is 8.45. The molecule has 0 amide bonds. The van der Waals surface area contributed by atoms with Gasteiger partial charge in [0, 0.05) is 6.20 Å². The highest BCUT2D eigenvalue weighted by Crippen LogP contribution is 2.06. The Balaban J connectivity index is 3.12. The van der Waals surface area contributed by atoms with E-state index in [0.717, 1.165) is 6.20 Å². The summed E-state index contributed by atoms with van der Waals surface area (Å²) in [6.07, 6.45) is 0.00144. The standard InChI is InChI=1S/C9H8N2O6/c12-6(13)1-4-3-10-5(2-7(14)15)8(11-4)9(16)17/h3H,1-2H2,(H,12,13)(H,14,15)(H,16,17). The highest BCUT2D eigenvalue weighted by molar-refractivity contribution is 5.88. The van der Waals surface area contributed by atoms with E-state index in [1.807, 2.05) is 0 Å². The molecule has 0 saturated carbocycles. The van der Waals surface area contributed by atoms with Crippen molar-refractivity contribution in [1.82, 2.24) is 9.97 Å². The molecule has 0 unspecified atom stereocenters. The van der Waals surface area contributed by atoms with Gasteiger partial charge in [-0.25, -0.2) is 9.78 Å². The maximum Gasteiger partial charge on any atom is 0.356 e. The molecule has 0 aliphatic heterocycles. The lowest BCUT2D eigenvalue weighted by Crippen LogP contribution is -2.15. The number of carboxylic acid groups (broad SMARTS) is 3. The van der Waals surface area contributed by atoms with E-state index >= 15 is 0 Å². The summed E-state index contributed by atoms with van der Waals surface area (Å²) in [7, 11) is 0. The topological polar surface area (TPSA) is 138 Å². The van der Waals surface area contributed by atoms with Gasteiger partial charge in [-0.3, -0.25) is 14.6 Å². The number of aromatic nitrogens is 2. The van der Waals surface area contributed by atoms with Crippen LogP contribution >= 0.6 is 0 Å². The second-order valence-corrected chi connectivity index (χ2v) is 3.10. The molecule has 0 aliphatic carbocycles. The molecule has 1 heterocycles. The second kappa shape index (κ2) is 5.01. The van der Waals surface area contributed by atoms with Crippen molar-refractivity contribution in [2.75, 3.05) is 0 Å². The zero-order valence-corrected chi connectivity index (χ0v) is 8.45. The van der Waals surface area contributed by atoms with Crippen LogP contribution in [0.5, 0.6) is 0 Å². The van der Waals surface area contributed by atoms with E-state index in [-0.39, 0.29) is 11.4 Å². The molecule has 0 spiro atoms. The fraction of sp³-hybridized carbons (Fsp3) is 0.222. The average molecular weight is 240 g/mol. The van der Waals surface area contributed by atoms with Gasteiger partial charge < -0.3 is 15.3 Å². The number of carbonyl (C=O) groups is 3. The fourth-order valence-electron chi connectivity index (χ4n) is 1.13. The van der Waals surface area contributed by atoms with Gasteiger partial charge in [0.25, 0.3) is 0 Å². The Labute approximate surface area is 94.6 Å². The fourth-order valence-corrected chi connectivity index (χ4v) is 1.13. The van der Waals surface area contributed by atoms with E-state index in [0.29, 0.717) is 0 Å². The monoisotopic (exact) mass is 240 g/mol. The van der Waals surface area contributed by atoms with E-state index in [1.165, 1.54) is 0 Å². The van der Waals surface area contributed by atoms with Gasteiger partial charge in [-0.05, 0) is 0 Å². The summed E-state index contributed by atoms with van der Waals surface area (Å²) < 4.78 is 0. The Morgan fingerprint density at radius 2 is 1.65 bits per heavy atom. The van der Waals surface area contributed by atoms with Crippen LogP contribution in [0.2, 0.25) is 0 Å². The Morgan fingerprint density at radius 1 is 1.06 bits per heavy atom. The lowest BCUT2D eigenvalue weighted by atomic mass is 10.2. The van der Waals surface area contributed by atoms with Crippen molar-refractivity contribution in [3.63, 3.8) is 0 Å². The van der Waals surface area contributed by atoms with Crippen LogP contribution in [-0.2, 0) is 22.4 Å². The van der Waals surface area contributed by atoms with Crippen LogP contribution in [0, 0.1) is 0 Å². The highest BCUT2D eigenvalue weighted by atomic mass is 16.4. The zero-order chi connectivity index (χ0) is 13.0. The van der Waals surface area contributed by atoms with Crippen molar-refractivity contribution in [2.45, 2.75) is 12.8 Å². The third-order valence-corrected chi connectivity index (χ3v) is 1.75. The molecule has 3 N–H and O–H groups in total. The van der Waals surface area contributed by atoms with Crippen LogP contribution < -0.4 is 0 Å². The quantitative estimate of drug-likeness (QED) is 0.621. The van der Waals surface area contributed by atoms with Crippen molar-refractivity contribution >= 4 is 17.9 Å². The average Bonchev–Trinajstić information content (AvgIpc) is 2.18. The van der Waals surface area contributed by atoms with Crippen LogP contribution in [0.4, 0.5) is 0 Å². The summed E-state index contributed by atoms with van der Waals surface area (Å²) in [6, 6.07) is 0. The Hall–Kier alpha value is -2.51. The Bertz CT molecular complexity index is 484. The van der Waals surface area contributed by atoms with E-state index in [2.05, 4.69) is 9.97 Å². The summed E-state index contributed by atoms with van der Waals surface area (Å²) in [5.74, 6) is -3.87. The molecule has 0 aliphatic rings. The van der Waals surface area contributed by atoms with Gasteiger partial charge in [0.05, 0.1) is 24.2 Å². The van der Waals surface area contributed by atoms with Crippen LogP contribution in [0.15, 0.2) is 6.20 Å². The van der Waals surface area contributed by atoms with Crippen LogP contribution in [0.25, 0.3) is 0 Å². The maximum absolute atomic E-state index is 10.8. The molecule has 0 atom stereocenters. The van der Waals surface area contributed by atoms with Crippen molar-refractivity contribution in [3.8, 4) is 0 Å². The summed E-state index contributed by atoms with van der Waals surface area (Å²) in [4.78, 5) is 38.8. The van der Waals surface area contributed by atoms with Crippen LogP contribution in [0.3, 0.4) is 0 Å². The molecule has 0 bridgehead atoms. The number of aliphatic carboxylic acids is 2. The van der Waals surface area contributed by atoms with Gasteiger partial charge in [-0.15, -0.1) is 0 Å². The minimum Gasteiger partial charge on any atom is -0.481 e. The van der Waals surface area contributed by atoms with Crippen molar-refractivity contribution in [3.05, 3.63) is 23.3 Å². The summed E-state index contributed by atoms with van der Waals surface area (Å²) in [6.45, 7) is 0. The number of hydrogen-bond acceptors (Lipinski definition) is 5. The molecule has 1 aromatic heterocycles. The van der Waals surface area contributed by atoms with Gasteiger partial charge in [-0.2, -0.15) is 0 Å². The van der Waals surface area contributed by atoms with Crippen LogP contribution in [-0.4, -0.2) is 43.2 Å². The predicted molar refractivity (Wildman–Crippen MR) is 51.7 cm³/mol. The number of nitrogens with zero attached hydrogens (tertiary/aromatic N) is 2. The maximum atomic E-state index is 10.8. The molecule has 1 rings (SSSR count). The first-order valence-electron chi connectivity index (χ1n) is 4.42. The van der Waals surface area contributed by atoms with Gasteiger partial charge in [0.15, 0.2) is 5.69 Å².